The molecule has 0 radical (unpaired) electrons. The molecule has 1 aliphatic heterocycles. The summed E-state index contributed by atoms with van der Waals surface area (Å²) in [6.45, 7) is 2.31. The average molecular weight is 335 g/mol. The maximum Gasteiger partial charge on any atom is 0.221 e. The Bertz CT molecular complexity index is 484. The van der Waals surface area contributed by atoms with Gasteiger partial charge in [0.05, 0.1) is 18.2 Å². The molecule has 1 amide bonds. The molecule has 2 rings (SSSR count). The maximum absolute atomic E-state index is 11.6. The number of amides is 1. The second-order valence-electron chi connectivity index (χ2n) is 4.59. The van der Waals surface area contributed by atoms with Crippen LogP contribution in [0.15, 0.2) is 12.1 Å². The lowest BCUT2D eigenvalue weighted by atomic mass is 10.2. The second kappa shape index (κ2) is 8.97. The first-order valence-electron chi connectivity index (χ1n) is 6.70. The Kier molecular flexibility index (Phi) is 7.64. The molecule has 0 unspecified atom stereocenters. The number of carbonyl (C=O) groups is 1. The van der Waals surface area contributed by atoms with Gasteiger partial charge in [-0.25, -0.2) is 0 Å². The van der Waals surface area contributed by atoms with E-state index in [0.29, 0.717) is 49.2 Å². The molecule has 0 saturated carbocycles. The van der Waals surface area contributed by atoms with E-state index in [1.807, 2.05) is 13.1 Å². The quantitative estimate of drug-likeness (QED) is 0.866. The standard InChI is InChI=1S/C14H19ClN2O3.ClH/c1-16-4-3-13(18)17-9-10-7-11(15)14-12(8-10)19-5-2-6-20-14;/h7-8,16H,2-6,9H2,1H3,(H,17,18);1H. The van der Waals surface area contributed by atoms with Gasteiger partial charge in [0.2, 0.25) is 5.91 Å². The summed E-state index contributed by atoms with van der Waals surface area (Å²) >= 11 is 6.19. The molecule has 1 aliphatic rings. The van der Waals surface area contributed by atoms with E-state index in [-0.39, 0.29) is 18.3 Å². The van der Waals surface area contributed by atoms with Gasteiger partial charge in [-0.1, -0.05) is 11.6 Å². The highest BCUT2D eigenvalue weighted by molar-refractivity contribution is 6.32. The van der Waals surface area contributed by atoms with Crippen LogP contribution in [0.3, 0.4) is 0 Å². The Labute approximate surface area is 135 Å². The van der Waals surface area contributed by atoms with Crippen molar-refractivity contribution >= 4 is 29.9 Å². The van der Waals surface area contributed by atoms with Crippen molar-refractivity contribution in [3.8, 4) is 11.5 Å². The highest BCUT2D eigenvalue weighted by Crippen LogP contribution is 2.37. The number of rotatable bonds is 5. The smallest absolute Gasteiger partial charge is 0.221 e. The third-order valence-electron chi connectivity index (χ3n) is 2.95. The van der Waals surface area contributed by atoms with Crippen LogP contribution in [0.5, 0.6) is 11.5 Å². The Morgan fingerprint density at radius 2 is 2.10 bits per heavy atom. The Morgan fingerprint density at radius 3 is 2.86 bits per heavy atom. The number of benzene rings is 1. The summed E-state index contributed by atoms with van der Waals surface area (Å²) in [5.41, 5.74) is 0.900. The molecule has 0 bridgehead atoms. The fourth-order valence-corrected chi connectivity index (χ4v) is 2.20. The number of carbonyl (C=O) groups excluding carboxylic acids is 1. The van der Waals surface area contributed by atoms with E-state index in [1.54, 1.807) is 6.07 Å². The molecule has 0 spiro atoms. The van der Waals surface area contributed by atoms with Crippen LogP contribution in [-0.4, -0.2) is 32.7 Å². The fourth-order valence-electron chi connectivity index (χ4n) is 1.91. The molecule has 1 aromatic rings. The van der Waals surface area contributed by atoms with Gasteiger partial charge in [-0.2, -0.15) is 0 Å². The normalized spacial score (nSPS) is 13.0. The predicted octanol–water partition coefficient (Wildman–Crippen LogP) is 2.15. The lowest BCUT2D eigenvalue weighted by Gasteiger charge is -2.12. The van der Waals surface area contributed by atoms with E-state index in [9.17, 15) is 4.79 Å². The number of fused-ring (bicyclic) bond motifs is 1. The summed E-state index contributed by atoms with van der Waals surface area (Å²) in [5.74, 6) is 1.24. The van der Waals surface area contributed by atoms with Gasteiger partial charge in [-0.15, -0.1) is 12.4 Å². The van der Waals surface area contributed by atoms with Gasteiger partial charge < -0.3 is 20.1 Å². The monoisotopic (exact) mass is 334 g/mol. The van der Waals surface area contributed by atoms with E-state index in [0.717, 1.165) is 12.0 Å². The molecular formula is C14H20Cl2N2O3. The van der Waals surface area contributed by atoms with Crippen molar-refractivity contribution in [3.63, 3.8) is 0 Å². The molecule has 2 N–H and O–H groups in total. The lowest BCUT2D eigenvalue weighted by molar-refractivity contribution is -0.121. The van der Waals surface area contributed by atoms with Crippen molar-refractivity contribution in [3.05, 3.63) is 22.7 Å². The van der Waals surface area contributed by atoms with Crippen molar-refractivity contribution in [2.24, 2.45) is 0 Å². The van der Waals surface area contributed by atoms with E-state index in [4.69, 9.17) is 21.1 Å². The summed E-state index contributed by atoms with van der Waals surface area (Å²) in [6.07, 6.45) is 1.29. The third-order valence-corrected chi connectivity index (χ3v) is 3.23. The van der Waals surface area contributed by atoms with Crippen LogP contribution in [0.25, 0.3) is 0 Å². The molecule has 0 aliphatic carbocycles. The van der Waals surface area contributed by atoms with Crippen LogP contribution in [0.4, 0.5) is 0 Å². The molecule has 7 heteroatoms. The number of ether oxygens (including phenoxy) is 2. The Hall–Kier alpha value is -1.17. The molecular weight excluding hydrogens is 315 g/mol. The van der Waals surface area contributed by atoms with E-state index >= 15 is 0 Å². The molecule has 0 fully saturated rings. The van der Waals surface area contributed by atoms with Crippen molar-refractivity contribution in [2.75, 3.05) is 26.8 Å². The number of hydrogen-bond donors (Lipinski definition) is 2. The van der Waals surface area contributed by atoms with Gasteiger partial charge >= 0.3 is 0 Å². The van der Waals surface area contributed by atoms with Crippen LogP contribution < -0.4 is 20.1 Å². The highest BCUT2D eigenvalue weighted by Gasteiger charge is 2.15. The van der Waals surface area contributed by atoms with Crippen LogP contribution in [0.1, 0.15) is 18.4 Å². The van der Waals surface area contributed by atoms with Gasteiger partial charge in [-0.3, -0.25) is 4.79 Å². The average Bonchev–Trinajstić information content (AvgIpc) is 2.68. The minimum atomic E-state index is 0. The van der Waals surface area contributed by atoms with Crippen molar-refractivity contribution in [2.45, 2.75) is 19.4 Å². The zero-order chi connectivity index (χ0) is 14.4. The summed E-state index contributed by atoms with van der Waals surface area (Å²) in [6, 6.07) is 3.66. The van der Waals surface area contributed by atoms with Gasteiger partial charge in [0.15, 0.2) is 11.5 Å². The molecule has 1 aromatic carbocycles. The van der Waals surface area contributed by atoms with Crippen molar-refractivity contribution in [1.29, 1.82) is 0 Å². The van der Waals surface area contributed by atoms with Crippen LogP contribution >= 0.6 is 24.0 Å². The SMILES string of the molecule is CNCCC(=O)NCc1cc(Cl)c2c(c1)OCCCO2.Cl. The van der Waals surface area contributed by atoms with E-state index in [2.05, 4.69) is 10.6 Å². The van der Waals surface area contributed by atoms with Crippen molar-refractivity contribution < 1.29 is 14.3 Å². The highest BCUT2D eigenvalue weighted by atomic mass is 35.5. The third kappa shape index (κ3) is 5.26. The van der Waals surface area contributed by atoms with E-state index < -0.39 is 0 Å². The first-order valence-corrected chi connectivity index (χ1v) is 7.08. The van der Waals surface area contributed by atoms with Gasteiger partial charge in [0, 0.05) is 25.9 Å². The van der Waals surface area contributed by atoms with Gasteiger partial charge in [-0.05, 0) is 24.7 Å². The largest absolute Gasteiger partial charge is 0.489 e. The van der Waals surface area contributed by atoms with Gasteiger partial charge in [0.1, 0.15) is 0 Å². The number of hydrogen-bond acceptors (Lipinski definition) is 4. The molecule has 21 heavy (non-hydrogen) atoms. The summed E-state index contributed by atoms with van der Waals surface area (Å²) in [4.78, 5) is 11.6. The fraction of sp³-hybridized carbons (Fsp3) is 0.500. The first kappa shape index (κ1) is 17.9. The predicted molar refractivity (Wildman–Crippen MR) is 84.7 cm³/mol. The minimum Gasteiger partial charge on any atom is -0.489 e. The minimum absolute atomic E-state index is 0. The molecule has 0 saturated heterocycles. The van der Waals surface area contributed by atoms with E-state index in [1.165, 1.54) is 0 Å². The lowest BCUT2D eigenvalue weighted by Crippen LogP contribution is -2.26. The number of halogens is 2. The molecule has 0 aromatic heterocycles. The summed E-state index contributed by atoms with van der Waals surface area (Å²) in [5, 5.41) is 6.30. The molecule has 1 heterocycles. The summed E-state index contributed by atoms with van der Waals surface area (Å²) < 4.78 is 11.2. The first-order chi connectivity index (χ1) is 9.70. The zero-order valence-corrected chi connectivity index (χ0v) is 13.5. The van der Waals surface area contributed by atoms with Crippen molar-refractivity contribution in [1.82, 2.24) is 10.6 Å². The maximum atomic E-state index is 11.6. The van der Waals surface area contributed by atoms with Crippen LogP contribution in [0.2, 0.25) is 5.02 Å². The summed E-state index contributed by atoms with van der Waals surface area (Å²) in [7, 11) is 1.82. The van der Waals surface area contributed by atoms with Crippen LogP contribution in [0, 0.1) is 0 Å². The Morgan fingerprint density at radius 1 is 1.33 bits per heavy atom. The molecule has 5 nitrogen and oxygen atoms in total. The molecule has 0 atom stereocenters. The number of nitrogens with one attached hydrogen (secondary N) is 2. The zero-order valence-electron chi connectivity index (χ0n) is 11.9. The molecule has 118 valence electrons. The topological polar surface area (TPSA) is 59.6 Å². The van der Waals surface area contributed by atoms with Gasteiger partial charge in [0.25, 0.3) is 0 Å². The second-order valence-corrected chi connectivity index (χ2v) is 4.99. The van der Waals surface area contributed by atoms with Crippen LogP contribution in [-0.2, 0) is 11.3 Å². The Balaban J connectivity index is 0.00000220.